The summed E-state index contributed by atoms with van der Waals surface area (Å²) in [5.41, 5.74) is 8.17. The van der Waals surface area contributed by atoms with Crippen molar-refractivity contribution >= 4 is 29.0 Å². The number of nitrogens with two attached hydrogens (primary N) is 1. The van der Waals surface area contributed by atoms with Crippen LogP contribution in [0.1, 0.15) is 5.56 Å². The maximum atomic E-state index is 11.9. The van der Waals surface area contributed by atoms with Crippen molar-refractivity contribution in [3.8, 4) is 0 Å². The van der Waals surface area contributed by atoms with Gasteiger partial charge in [-0.25, -0.2) is 0 Å². The van der Waals surface area contributed by atoms with Gasteiger partial charge in [0, 0.05) is 16.3 Å². The number of rotatable bonds is 4. The highest BCUT2D eigenvalue weighted by molar-refractivity contribution is 8.00. The van der Waals surface area contributed by atoms with Gasteiger partial charge in [-0.3, -0.25) is 4.79 Å². The second-order valence-electron chi connectivity index (χ2n) is 4.17. The molecule has 0 fully saturated rings. The van der Waals surface area contributed by atoms with Crippen molar-refractivity contribution in [3.63, 3.8) is 0 Å². The van der Waals surface area contributed by atoms with Crippen LogP contribution in [0.25, 0.3) is 0 Å². The molecule has 3 N–H and O–H groups in total. The lowest BCUT2D eigenvalue weighted by molar-refractivity contribution is -0.113. The van der Waals surface area contributed by atoms with E-state index in [1.54, 1.807) is 0 Å². The molecule has 2 aromatic rings. The van der Waals surface area contributed by atoms with Crippen molar-refractivity contribution in [2.45, 2.75) is 11.8 Å². The minimum Gasteiger partial charge on any atom is -0.398 e. The van der Waals surface area contributed by atoms with Crippen molar-refractivity contribution in [3.05, 3.63) is 54.1 Å². The van der Waals surface area contributed by atoms with Gasteiger partial charge < -0.3 is 11.1 Å². The molecule has 0 radical (unpaired) electrons. The van der Waals surface area contributed by atoms with Crippen molar-refractivity contribution in [1.29, 1.82) is 0 Å². The first-order valence-electron chi connectivity index (χ1n) is 5.99. The molecule has 0 spiro atoms. The van der Waals surface area contributed by atoms with Gasteiger partial charge in [-0.05, 0) is 36.8 Å². The summed E-state index contributed by atoms with van der Waals surface area (Å²) in [7, 11) is 0. The molecule has 2 aromatic carbocycles. The Bertz CT molecular complexity index is 570. The molecule has 0 saturated carbocycles. The Kier molecular flexibility index (Phi) is 4.47. The number of nitrogen functional groups attached to an aromatic ring is 1. The Morgan fingerprint density at radius 1 is 1.16 bits per heavy atom. The lowest BCUT2D eigenvalue weighted by atomic mass is 10.1. The van der Waals surface area contributed by atoms with Gasteiger partial charge in [-0.1, -0.05) is 24.3 Å². The zero-order chi connectivity index (χ0) is 13.7. The fourth-order valence-corrected chi connectivity index (χ4v) is 2.36. The van der Waals surface area contributed by atoms with Gasteiger partial charge in [-0.15, -0.1) is 11.8 Å². The first-order chi connectivity index (χ1) is 9.16. The predicted octanol–water partition coefficient (Wildman–Crippen LogP) is 3.31. The van der Waals surface area contributed by atoms with Crippen LogP contribution in [0, 0.1) is 6.92 Å². The van der Waals surface area contributed by atoms with Crippen LogP contribution >= 0.6 is 11.8 Å². The van der Waals surface area contributed by atoms with Gasteiger partial charge >= 0.3 is 0 Å². The van der Waals surface area contributed by atoms with E-state index in [4.69, 9.17) is 5.73 Å². The van der Waals surface area contributed by atoms with E-state index in [9.17, 15) is 4.79 Å². The van der Waals surface area contributed by atoms with Crippen LogP contribution < -0.4 is 11.1 Å². The average molecular weight is 272 g/mol. The van der Waals surface area contributed by atoms with Crippen LogP contribution in [0.4, 0.5) is 11.4 Å². The Labute approximate surface area is 117 Å². The van der Waals surface area contributed by atoms with Crippen LogP contribution in [0.3, 0.4) is 0 Å². The van der Waals surface area contributed by atoms with Gasteiger partial charge in [0.2, 0.25) is 5.91 Å². The lowest BCUT2D eigenvalue weighted by Gasteiger charge is -2.09. The molecule has 4 heteroatoms. The second-order valence-corrected chi connectivity index (χ2v) is 5.22. The van der Waals surface area contributed by atoms with Gasteiger partial charge in [-0.2, -0.15) is 0 Å². The van der Waals surface area contributed by atoms with Crippen molar-refractivity contribution in [2.75, 3.05) is 16.8 Å². The van der Waals surface area contributed by atoms with E-state index in [-0.39, 0.29) is 5.91 Å². The molecule has 0 unspecified atom stereocenters. The van der Waals surface area contributed by atoms with E-state index in [0.29, 0.717) is 11.4 Å². The summed E-state index contributed by atoms with van der Waals surface area (Å²) in [6, 6.07) is 15.4. The average Bonchev–Trinajstić information content (AvgIpc) is 2.43. The summed E-state index contributed by atoms with van der Waals surface area (Å²) in [5.74, 6) is 0.362. The van der Waals surface area contributed by atoms with E-state index in [1.807, 2.05) is 55.5 Å². The number of carbonyl (C=O) groups is 1. The van der Waals surface area contributed by atoms with Gasteiger partial charge in [0.05, 0.1) is 5.75 Å². The molecule has 3 nitrogen and oxygen atoms in total. The second kappa shape index (κ2) is 6.29. The van der Waals surface area contributed by atoms with E-state index in [0.717, 1.165) is 16.1 Å². The SMILES string of the molecule is Cc1c(N)cccc1NC(=O)CSc1ccccc1. The first-order valence-corrected chi connectivity index (χ1v) is 6.98. The lowest BCUT2D eigenvalue weighted by Crippen LogP contribution is -2.15. The molecule has 19 heavy (non-hydrogen) atoms. The standard InChI is InChI=1S/C15H16N2OS/c1-11-13(16)8-5-9-14(11)17-15(18)10-19-12-6-3-2-4-7-12/h2-9H,10,16H2,1H3,(H,17,18). The topological polar surface area (TPSA) is 55.1 Å². The Morgan fingerprint density at radius 3 is 2.63 bits per heavy atom. The first kappa shape index (κ1) is 13.5. The molecule has 2 rings (SSSR count). The van der Waals surface area contributed by atoms with Gasteiger partial charge in [0.1, 0.15) is 0 Å². The number of anilines is 2. The quantitative estimate of drug-likeness (QED) is 0.663. The molecular formula is C15H16N2OS. The maximum absolute atomic E-state index is 11.9. The number of nitrogens with one attached hydrogen (secondary N) is 1. The minimum atomic E-state index is -0.0254. The maximum Gasteiger partial charge on any atom is 0.234 e. The molecule has 0 bridgehead atoms. The number of hydrogen-bond acceptors (Lipinski definition) is 3. The molecule has 0 aliphatic carbocycles. The van der Waals surface area contributed by atoms with Crippen molar-refractivity contribution in [2.24, 2.45) is 0 Å². The van der Waals surface area contributed by atoms with Crippen LogP contribution in [0.5, 0.6) is 0 Å². The Morgan fingerprint density at radius 2 is 1.89 bits per heavy atom. The fourth-order valence-electron chi connectivity index (χ4n) is 1.64. The molecule has 0 aromatic heterocycles. The van der Waals surface area contributed by atoms with Gasteiger partial charge in [0.15, 0.2) is 0 Å². The number of amides is 1. The van der Waals surface area contributed by atoms with E-state index in [1.165, 1.54) is 11.8 Å². The zero-order valence-electron chi connectivity index (χ0n) is 10.7. The van der Waals surface area contributed by atoms with E-state index < -0.39 is 0 Å². The molecule has 0 atom stereocenters. The third-order valence-corrected chi connectivity index (χ3v) is 3.77. The zero-order valence-corrected chi connectivity index (χ0v) is 11.5. The predicted molar refractivity (Wildman–Crippen MR) is 81.4 cm³/mol. The Hall–Kier alpha value is -1.94. The van der Waals surface area contributed by atoms with E-state index in [2.05, 4.69) is 5.32 Å². The van der Waals surface area contributed by atoms with Crippen LogP contribution in [0.2, 0.25) is 0 Å². The van der Waals surface area contributed by atoms with Crippen molar-refractivity contribution in [1.82, 2.24) is 0 Å². The van der Waals surface area contributed by atoms with Gasteiger partial charge in [0.25, 0.3) is 0 Å². The van der Waals surface area contributed by atoms with Crippen LogP contribution in [-0.4, -0.2) is 11.7 Å². The van der Waals surface area contributed by atoms with Crippen LogP contribution in [-0.2, 0) is 4.79 Å². The monoisotopic (exact) mass is 272 g/mol. The highest BCUT2D eigenvalue weighted by Crippen LogP contribution is 2.21. The summed E-state index contributed by atoms with van der Waals surface area (Å²) < 4.78 is 0. The molecule has 0 aliphatic rings. The molecular weight excluding hydrogens is 256 g/mol. The Balaban J connectivity index is 1.93. The summed E-state index contributed by atoms with van der Waals surface area (Å²) in [6.45, 7) is 1.90. The molecule has 0 saturated heterocycles. The highest BCUT2D eigenvalue weighted by atomic mass is 32.2. The number of thioether (sulfide) groups is 1. The summed E-state index contributed by atoms with van der Waals surface area (Å²) >= 11 is 1.51. The third kappa shape index (κ3) is 3.76. The number of carbonyl (C=O) groups excluding carboxylic acids is 1. The molecule has 0 heterocycles. The minimum absolute atomic E-state index is 0.0254. The summed E-state index contributed by atoms with van der Waals surface area (Å²) in [6.07, 6.45) is 0. The highest BCUT2D eigenvalue weighted by Gasteiger charge is 2.06. The number of hydrogen-bond donors (Lipinski definition) is 2. The third-order valence-electron chi connectivity index (χ3n) is 2.76. The normalized spacial score (nSPS) is 10.2. The fraction of sp³-hybridized carbons (Fsp3) is 0.133. The van der Waals surface area contributed by atoms with Crippen molar-refractivity contribution < 1.29 is 4.79 Å². The molecule has 98 valence electrons. The summed E-state index contributed by atoms with van der Waals surface area (Å²) in [4.78, 5) is 13.0. The van der Waals surface area contributed by atoms with Crippen LogP contribution in [0.15, 0.2) is 53.4 Å². The smallest absolute Gasteiger partial charge is 0.234 e. The molecule has 1 amide bonds. The number of benzene rings is 2. The summed E-state index contributed by atoms with van der Waals surface area (Å²) in [5, 5.41) is 2.88. The molecule has 0 aliphatic heterocycles. The van der Waals surface area contributed by atoms with E-state index >= 15 is 0 Å². The largest absolute Gasteiger partial charge is 0.398 e.